The third-order valence-electron chi connectivity index (χ3n) is 3.17. The van der Waals surface area contributed by atoms with Crippen molar-refractivity contribution in [2.45, 2.75) is 17.9 Å². The summed E-state index contributed by atoms with van der Waals surface area (Å²) in [7, 11) is 1.65. The lowest BCUT2D eigenvalue weighted by atomic mass is 10.1. The fourth-order valence-corrected chi connectivity index (χ4v) is 3.17. The summed E-state index contributed by atoms with van der Waals surface area (Å²) < 4.78 is 5.12. The third kappa shape index (κ3) is 2.51. The standard InChI is InChI=1S/C14H14N2O2S/c1-18-10-4-2-9(3-5-10)6-13-15-12-8-19-7-11(12)14(17)16-13/h2-5H,6-8H2,1H3,(H,15,16,17). The summed E-state index contributed by atoms with van der Waals surface area (Å²) in [6.07, 6.45) is 0.636. The van der Waals surface area contributed by atoms with Crippen LogP contribution in [-0.4, -0.2) is 17.1 Å². The van der Waals surface area contributed by atoms with E-state index in [1.54, 1.807) is 18.9 Å². The van der Waals surface area contributed by atoms with Gasteiger partial charge in [0, 0.05) is 23.5 Å². The second-order valence-corrected chi connectivity index (χ2v) is 5.44. The largest absolute Gasteiger partial charge is 0.497 e. The molecule has 3 rings (SSSR count). The Labute approximate surface area is 115 Å². The molecule has 0 unspecified atom stereocenters. The van der Waals surface area contributed by atoms with Crippen molar-refractivity contribution in [2.75, 3.05) is 7.11 Å². The van der Waals surface area contributed by atoms with Crippen LogP contribution in [0.2, 0.25) is 0 Å². The molecule has 1 aromatic heterocycles. The van der Waals surface area contributed by atoms with E-state index in [9.17, 15) is 4.79 Å². The number of benzene rings is 1. The topological polar surface area (TPSA) is 55.0 Å². The SMILES string of the molecule is COc1ccc(Cc2nc3c(c(=O)[nH]2)CSC3)cc1. The predicted octanol–water partition coefficient (Wildman–Crippen LogP) is 2.12. The summed E-state index contributed by atoms with van der Waals surface area (Å²) in [6, 6.07) is 7.80. The lowest BCUT2D eigenvalue weighted by Gasteiger charge is -2.05. The van der Waals surface area contributed by atoms with Crippen molar-refractivity contribution in [1.29, 1.82) is 0 Å². The average Bonchev–Trinajstić information content (AvgIpc) is 2.88. The molecule has 0 saturated carbocycles. The first kappa shape index (κ1) is 12.3. The van der Waals surface area contributed by atoms with Gasteiger partial charge in [-0.1, -0.05) is 12.1 Å². The van der Waals surface area contributed by atoms with Gasteiger partial charge in [-0.15, -0.1) is 0 Å². The van der Waals surface area contributed by atoms with E-state index in [1.807, 2.05) is 24.3 Å². The molecule has 0 spiro atoms. The first-order chi connectivity index (χ1) is 9.26. The van der Waals surface area contributed by atoms with Crippen LogP contribution in [-0.2, 0) is 17.9 Å². The number of hydrogen-bond donors (Lipinski definition) is 1. The minimum Gasteiger partial charge on any atom is -0.497 e. The number of ether oxygens (including phenoxy) is 1. The average molecular weight is 274 g/mol. The zero-order valence-electron chi connectivity index (χ0n) is 10.6. The van der Waals surface area contributed by atoms with Gasteiger partial charge in [-0.05, 0) is 17.7 Å². The first-order valence-electron chi connectivity index (χ1n) is 6.08. The van der Waals surface area contributed by atoms with Gasteiger partial charge in [0.25, 0.3) is 5.56 Å². The Morgan fingerprint density at radius 1 is 1.32 bits per heavy atom. The number of nitrogens with one attached hydrogen (secondary N) is 1. The highest BCUT2D eigenvalue weighted by atomic mass is 32.2. The third-order valence-corrected chi connectivity index (χ3v) is 4.14. The van der Waals surface area contributed by atoms with Crippen LogP contribution in [0.1, 0.15) is 22.6 Å². The highest BCUT2D eigenvalue weighted by Gasteiger charge is 2.17. The van der Waals surface area contributed by atoms with Gasteiger partial charge >= 0.3 is 0 Å². The number of hydrogen-bond acceptors (Lipinski definition) is 4. The molecule has 98 valence electrons. The van der Waals surface area contributed by atoms with Crippen molar-refractivity contribution in [1.82, 2.24) is 9.97 Å². The number of H-pyrrole nitrogens is 1. The van der Waals surface area contributed by atoms with Gasteiger partial charge in [0.1, 0.15) is 11.6 Å². The Kier molecular flexibility index (Phi) is 3.29. The quantitative estimate of drug-likeness (QED) is 0.931. The van der Waals surface area contributed by atoms with Gasteiger partial charge < -0.3 is 9.72 Å². The lowest BCUT2D eigenvalue weighted by molar-refractivity contribution is 0.414. The molecule has 0 bridgehead atoms. The normalized spacial score (nSPS) is 13.3. The highest BCUT2D eigenvalue weighted by Crippen LogP contribution is 2.25. The molecule has 1 N–H and O–H groups in total. The van der Waals surface area contributed by atoms with Gasteiger partial charge in [0.2, 0.25) is 0 Å². The van der Waals surface area contributed by atoms with Crippen molar-refractivity contribution in [3.05, 3.63) is 57.3 Å². The summed E-state index contributed by atoms with van der Waals surface area (Å²) in [4.78, 5) is 19.3. The molecule has 1 aliphatic rings. The predicted molar refractivity (Wildman–Crippen MR) is 75.7 cm³/mol. The molecule has 2 aromatic rings. The fraction of sp³-hybridized carbons (Fsp3) is 0.286. The molecule has 0 radical (unpaired) electrons. The van der Waals surface area contributed by atoms with Crippen LogP contribution in [0.5, 0.6) is 5.75 Å². The molecule has 0 atom stereocenters. The molecule has 0 fully saturated rings. The van der Waals surface area contributed by atoms with Gasteiger partial charge in [0.15, 0.2) is 0 Å². The summed E-state index contributed by atoms with van der Waals surface area (Å²) in [5.74, 6) is 3.18. The Balaban J connectivity index is 1.87. The maximum absolute atomic E-state index is 11.9. The molecule has 0 saturated heterocycles. The van der Waals surface area contributed by atoms with Crippen LogP contribution in [0, 0.1) is 0 Å². The fourth-order valence-electron chi connectivity index (χ4n) is 2.13. The van der Waals surface area contributed by atoms with Crippen LogP contribution in [0.25, 0.3) is 0 Å². The summed E-state index contributed by atoms with van der Waals surface area (Å²) in [6.45, 7) is 0. The molecule has 1 aromatic carbocycles. The second-order valence-electron chi connectivity index (χ2n) is 4.46. The Morgan fingerprint density at radius 2 is 2.11 bits per heavy atom. The first-order valence-corrected chi connectivity index (χ1v) is 7.23. The Morgan fingerprint density at radius 3 is 2.84 bits per heavy atom. The van der Waals surface area contributed by atoms with Crippen molar-refractivity contribution in [3.63, 3.8) is 0 Å². The number of rotatable bonds is 3. The zero-order chi connectivity index (χ0) is 13.2. The van der Waals surface area contributed by atoms with Crippen LogP contribution >= 0.6 is 11.8 Å². The second kappa shape index (κ2) is 5.09. The summed E-state index contributed by atoms with van der Waals surface area (Å²) in [5, 5.41) is 0. The molecule has 19 heavy (non-hydrogen) atoms. The van der Waals surface area contributed by atoms with Crippen LogP contribution in [0.3, 0.4) is 0 Å². The summed E-state index contributed by atoms with van der Waals surface area (Å²) in [5.41, 5.74) is 2.90. The molecule has 5 heteroatoms. The van der Waals surface area contributed by atoms with E-state index in [2.05, 4.69) is 9.97 Å². The lowest BCUT2D eigenvalue weighted by Crippen LogP contribution is -2.17. The van der Waals surface area contributed by atoms with Crippen LogP contribution in [0.4, 0.5) is 0 Å². The molecule has 0 aliphatic carbocycles. The van der Waals surface area contributed by atoms with E-state index in [4.69, 9.17) is 4.74 Å². The summed E-state index contributed by atoms with van der Waals surface area (Å²) >= 11 is 1.74. The maximum atomic E-state index is 11.9. The van der Waals surface area contributed by atoms with Crippen molar-refractivity contribution >= 4 is 11.8 Å². The molecule has 2 heterocycles. The van der Waals surface area contributed by atoms with Gasteiger partial charge in [-0.2, -0.15) is 11.8 Å². The Hall–Kier alpha value is -1.75. The van der Waals surface area contributed by atoms with Crippen molar-refractivity contribution in [3.8, 4) is 5.75 Å². The molecule has 1 aliphatic heterocycles. The van der Waals surface area contributed by atoms with Crippen LogP contribution < -0.4 is 10.3 Å². The van der Waals surface area contributed by atoms with Gasteiger partial charge in [-0.25, -0.2) is 4.98 Å². The van der Waals surface area contributed by atoms with Gasteiger partial charge in [-0.3, -0.25) is 4.79 Å². The van der Waals surface area contributed by atoms with Crippen molar-refractivity contribution < 1.29 is 4.74 Å². The van der Waals surface area contributed by atoms with E-state index in [0.29, 0.717) is 6.42 Å². The van der Waals surface area contributed by atoms with E-state index in [1.165, 1.54) is 0 Å². The maximum Gasteiger partial charge on any atom is 0.255 e. The zero-order valence-corrected chi connectivity index (χ0v) is 11.4. The molecular weight excluding hydrogens is 260 g/mol. The number of methoxy groups -OCH3 is 1. The highest BCUT2D eigenvalue weighted by molar-refractivity contribution is 7.98. The number of fused-ring (bicyclic) bond motifs is 1. The number of nitrogens with zero attached hydrogens (tertiary/aromatic N) is 1. The number of thioether (sulfide) groups is 1. The molecule has 4 nitrogen and oxygen atoms in total. The van der Waals surface area contributed by atoms with Crippen molar-refractivity contribution in [2.24, 2.45) is 0 Å². The van der Waals surface area contributed by atoms with E-state index >= 15 is 0 Å². The van der Waals surface area contributed by atoms with Gasteiger partial charge in [0.05, 0.1) is 12.8 Å². The van der Waals surface area contributed by atoms with E-state index < -0.39 is 0 Å². The monoisotopic (exact) mass is 274 g/mol. The van der Waals surface area contributed by atoms with E-state index in [-0.39, 0.29) is 5.56 Å². The Bertz CT molecular complexity index is 649. The minimum absolute atomic E-state index is 0.0125. The number of aromatic nitrogens is 2. The minimum atomic E-state index is 0.0125. The van der Waals surface area contributed by atoms with Crippen LogP contribution in [0.15, 0.2) is 29.1 Å². The smallest absolute Gasteiger partial charge is 0.255 e. The van der Waals surface area contributed by atoms with E-state index in [0.717, 1.165) is 39.9 Å². The molecule has 0 amide bonds. The number of aromatic amines is 1. The molecular formula is C14H14N2O2S.